The molecule has 7 heteroatoms. The zero-order valence-corrected chi connectivity index (χ0v) is 17.0. The Kier molecular flexibility index (Phi) is 6.75. The van der Waals surface area contributed by atoms with Gasteiger partial charge >= 0.3 is 0 Å². The van der Waals surface area contributed by atoms with E-state index >= 15 is 0 Å². The third-order valence-corrected chi connectivity index (χ3v) is 4.69. The van der Waals surface area contributed by atoms with E-state index in [2.05, 4.69) is 28.4 Å². The largest absolute Gasteiger partial charge is 0.342 e. The van der Waals surface area contributed by atoms with Gasteiger partial charge in [-0.15, -0.1) is 13.2 Å². The van der Waals surface area contributed by atoms with Crippen LogP contribution in [0, 0.1) is 0 Å². The molecule has 0 aliphatic rings. The maximum absolute atomic E-state index is 12.9. The minimum atomic E-state index is -0.412. The average Bonchev–Trinajstić information content (AvgIpc) is 3.12. The summed E-state index contributed by atoms with van der Waals surface area (Å²) in [7, 11) is 0. The van der Waals surface area contributed by atoms with Crippen LogP contribution in [0.4, 0.5) is 0 Å². The van der Waals surface area contributed by atoms with Crippen molar-refractivity contribution in [2.75, 3.05) is 13.1 Å². The van der Waals surface area contributed by atoms with Crippen LogP contribution in [-0.2, 0) is 11.3 Å². The molecule has 3 aromatic rings. The zero-order valence-electron chi connectivity index (χ0n) is 17.0. The normalized spacial score (nSPS) is 11.6. The summed E-state index contributed by atoms with van der Waals surface area (Å²) in [5.41, 5.74) is 2.06. The van der Waals surface area contributed by atoms with E-state index < -0.39 is 6.04 Å². The molecule has 0 aliphatic heterocycles. The molecule has 7 nitrogen and oxygen atoms in total. The van der Waals surface area contributed by atoms with Crippen LogP contribution in [0.3, 0.4) is 0 Å². The zero-order chi connectivity index (χ0) is 21.5. The number of hydrogen-bond acceptors (Lipinski definition) is 4. The van der Waals surface area contributed by atoms with Gasteiger partial charge in [-0.1, -0.05) is 24.3 Å². The van der Waals surface area contributed by atoms with Crippen LogP contribution >= 0.6 is 0 Å². The van der Waals surface area contributed by atoms with Crippen LogP contribution < -0.4 is 5.32 Å². The van der Waals surface area contributed by atoms with E-state index in [4.69, 9.17) is 0 Å². The molecule has 2 heterocycles. The van der Waals surface area contributed by atoms with E-state index in [9.17, 15) is 9.59 Å². The first-order valence-electron chi connectivity index (χ1n) is 9.70. The van der Waals surface area contributed by atoms with Crippen molar-refractivity contribution in [2.45, 2.75) is 19.5 Å². The summed E-state index contributed by atoms with van der Waals surface area (Å²) in [5, 5.41) is 2.95. The first-order valence-corrected chi connectivity index (χ1v) is 9.70. The molecule has 1 aromatic carbocycles. The van der Waals surface area contributed by atoms with Gasteiger partial charge in [0.2, 0.25) is 5.91 Å². The topological polar surface area (TPSA) is 80.1 Å². The highest BCUT2D eigenvalue weighted by Gasteiger charge is 2.22. The number of nitrogens with zero attached hydrogens (tertiary/aromatic N) is 4. The number of amides is 2. The van der Waals surface area contributed by atoms with Crippen molar-refractivity contribution in [3.8, 4) is 0 Å². The number of pyridine rings is 1. The van der Waals surface area contributed by atoms with Crippen LogP contribution in [0.15, 0.2) is 74.1 Å². The fourth-order valence-corrected chi connectivity index (χ4v) is 3.26. The van der Waals surface area contributed by atoms with Gasteiger partial charge in [0.1, 0.15) is 12.4 Å². The van der Waals surface area contributed by atoms with Gasteiger partial charge in [-0.3, -0.25) is 14.6 Å². The molecule has 2 aromatic heterocycles. The Balaban J connectivity index is 1.91. The van der Waals surface area contributed by atoms with Gasteiger partial charge in [-0.05, 0) is 31.2 Å². The molecule has 0 radical (unpaired) electrons. The second kappa shape index (κ2) is 9.65. The maximum atomic E-state index is 12.9. The molecule has 1 N–H and O–H groups in total. The molecule has 0 spiro atoms. The fraction of sp³-hybridized carbons (Fsp3) is 0.217. The van der Waals surface area contributed by atoms with Crippen LogP contribution in [0.1, 0.15) is 29.1 Å². The van der Waals surface area contributed by atoms with E-state index in [1.54, 1.807) is 35.4 Å². The van der Waals surface area contributed by atoms with Crippen LogP contribution in [0.25, 0.3) is 11.0 Å². The molecule has 3 rings (SSSR count). The summed E-state index contributed by atoms with van der Waals surface area (Å²) in [6.07, 6.45) is 6.50. The average molecular weight is 403 g/mol. The molecule has 154 valence electrons. The molecule has 0 fully saturated rings. The Morgan fingerprint density at radius 2 is 1.90 bits per heavy atom. The second-order valence-electron chi connectivity index (χ2n) is 6.86. The van der Waals surface area contributed by atoms with Gasteiger partial charge in [0.15, 0.2) is 0 Å². The van der Waals surface area contributed by atoms with Crippen molar-refractivity contribution in [3.05, 3.63) is 85.5 Å². The summed E-state index contributed by atoms with van der Waals surface area (Å²) < 4.78 is 1.85. The van der Waals surface area contributed by atoms with E-state index in [0.717, 1.165) is 11.0 Å². The molecule has 1 unspecified atom stereocenters. The quantitative estimate of drug-likeness (QED) is 0.557. The second-order valence-corrected chi connectivity index (χ2v) is 6.86. The number of carbonyl (C=O) groups excluding carboxylic acids is 2. The smallest absolute Gasteiger partial charge is 0.253 e. The van der Waals surface area contributed by atoms with Crippen molar-refractivity contribution >= 4 is 22.8 Å². The predicted molar refractivity (Wildman–Crippen MR) is 117 cm³/mol. The standard InChI is InChI=1S/C23H25N5O2/c1-4-13-27(14-5-2)21(29)16-28-20-11-7-6-10-19(20)26-22(28)17(3)25-23(30)18-9-8-12-24-15-18/h4-12,15,17H,1-2,13-14,16H2,3H3,(H,25,30). The minimum absolute atomic E-state index is 0.0787. The maximum Gasteiger partial charge on any atom is 0.253 e. The van der Waals surface area contributed by atoms with Crippen molar-refractivity contribution < 1.29 is 9.59 Å². The number of aromatic nitrogens is 3. The molecule has 30 heavy (non-hydrogen) atoms. The van der Waals surface area contributed by atoms with E-state index in [1.165, 1.54) is 6.20 Å². The molecule has 0 bridgehead atoms. The molecule has 0 saturated heterocycles. The summed E-state index contributed by atoms with van der Waals surface area (Å²) >= 11 is 0. The first-order chi connectivity index (χ1) is 14.5. The van der Waals surface area contributed by atoms with Gasteiger partial charge in [-0.2, -0.15) is 0 Å². The van der Waals surface area contributed by atoms with Crippen molar-refractivity contribution in [2.24, 2.45) is 0 Å². The molecule has 2 amide bonds. The highest BCUT2D eigenvalue weighted by Crippen LogP contribution is 2.21. The van der Waals surface area contributed by atoms with Gasteiger partial charge in [0, 0.05) is 25.5 Å². The summed E-state index contributed by atoms with van der Waals surface area (Å²) in [6, 6.07) is 10.6. The lowest BCUT2D eigenvalue weighted by molar-refractivity contribution is -0.130. The van der Waals surface area contributed by atoms with E-state index in [0.29, 0.717) is 24.5 Å². The first kappa shape index (κ1) is 21.0. The lowest BCUT2D eigenvalue weighted by atomic mass is 10.2. The molecular weight excluding hydrogens is 378 g/mol. The third kappa shape index (κ3) is 4.63. The monoisotopic (exact) mass is 403 g/mol. The molecule has 0 aliphatic carbocycles. The Labute approximate surface area is 175 Å². The van der Waals surface area contributed by atoms with Gasteiger partial charge < -0.3 is 14.8 Å². The van der Waals surface area contributed by atoms with Gasteiger partial charge in [0.25, 0.3) is 5.91 Å². The number of para-hydroxylation sites is 2. The Morgan fingerprint density at radius 1 is 1.17 bits per heavy atom. The van der Waals surface area contributed by atoms with Gasteiger partial charge in [0.05, 0.1) is 22.6 Å². The highest BCUT2D eigenvalue weighted by atomic mass is 16.2. The number of benzene rings is 1. The SMILES string of the molecule is C=CCN(CC=C)C(=O)Cn1c(C(C)NC(=O)c2cccnc2)nc2ccccc21. The third-order valence-electron chi connectivity index (χ3n) is 4.69. The molecule has 0 saturated carbocycles. The highest BCUT2D eigenvalue weighted by molar-refractivity contribution is 5.94. The number of imidazole rings is 1. The number of hydrogen-bond donors (Lipinski definition) is 1. The van der Waals surface area contributed by atoms with E-state index in [1.807, 2.05) is 35.8 Å². The van der Waals surface area contributed by atoms with Crippen molar-refractivity contribution in [3.63, 3.8) is 0 Å². The fourth-order valence-electron chi connectivity index (χ4n) is 3.26. The summed E-state index contributed by atoms with van der Waals surface area (Å²) in [5.74, 6) is 0.282. The summed E-state index contributed by atoms with van der Waals surface area (Å²) in [4.78, 5) is 35.8. The van der Waals surface area contributed by atoms with Crippen LogP contribution in [0.5, 0.6) is 0 Å². The Hall–Kier alpha value is -3.74. The Morgan fingerprint density at radius 3 is 2.57 bits per heavy atom. The van der Waals surface area contributed by atoms with Crippen molar-refractivity contribution in [1.29, 1.82) is 0 Å². The lowest BCUT2D eigenvalue weighted by Gasteiger charge is -2.21. The number of nitrogens with one attached hydrogen (secondary N) is 1. The Bertz CT molecular complexity index is 1050. The predicted octanol–water partition coefficient (Wildman–Crippen LogP) is 3.12. The minimum Gasteiger partial charge on any atom is -0.342 e. The van der Waals surface area contributed by atoms with E-state index in [-0.39, 0.29) is 18.4 Å². The number of fused-ring (bicyclic) bond motifs is 1. The lowest BCUT2D eigenvalue weighted by Crippen LogP contribution is -2.35. The summed E-state index contributed by atoms with van der Waals surface area (Å²) in [6.45, 7) is 10.3. The molecular formula is C23H25N5O2. The van der Waals surface area contributed by atoms with Gasteiger partial charge in [-0.25, -0.2) is 4.98 Å². The number of carbonyl (C=O) groups is 2. The van der Waals surface area contributed by atoms with Crippen LogP contribution in [0.2, 0.25) is 0 Å². The molecule has 1 atom stereocenters. The van der Waals surface area contributed by atoms with Crippen LogP contribution in [-0.4, -0.2) is 44.3 Å². The number of rotatable bonds is 9. The van der Waals surface area contributed by atoms with Crippen molar-refractivity contribution in [1.82, 2.24) is 24.8 Å².